The topological polar surface area (TPSA) is 49.4 Å². The van der Waals surface area contributed by atoms with Crippen LogP contribution in [0, 0.1) is 12.8 Å². The average Bonchev–Trinajstić information content (AvgIpc) is 2.94. The maximum Gasteiger partial charge on any atom is 0.229 e. The van der Waals surface area contributed by atoms with E-state index in [1.165, 1.54) is 0 Å². The molecule has 1 atom stereocenters. The first-order chi connectivity index (χ1) is 11.5. The molecule has 24 heavy (non-hydrogen) atoms. The van der Waals surface area contributed by atoms with E-state index in [0.717, 1.165) is 5.56 Å². The Morgan fingerprint density at radius 3 is 2.58 bits per heavy atom. The zero-order valence-electron chi connectivity index (χ0n) is 13.1. The van der Waals surface area contributed by atoms with Crippen LogP contribution < -0.4 is 10.2 Å². The number of nitrogens with zero attached hydrogens (tertiary/aromatic N) is 1. The average molecular weight is 363 g/mol. The number of halogens is 2. The maximum absolute atomic E-state index is 12.5. The van der Waals surface area contributed by atoms with Gasteiger partial charge in [-0.25, -0.2) is 0 Å². The molecule has 1 saturated heterocycles. The normalized spacial score (nSPS) is 17.2. The van der Waals surface area contributed by atoms with Gasteiger partial charge >= 0.3 is 0 Å². The van der Waals surface area contributed by atoms with Crippen molar-refractivity contribution in [2.45, 2.75) is 13.3 Å². The summed E-state index contributed by atoms with van der Waals surface area (Å²) in [4.78, 5) is 26.4. The fraction of sp³-hybridized carbons (Fsp3) is 0.222. The first kappa shape index (κ1) is 16.8. The van der Waals surface area contributed by atoms with Gasteiger partial charge in [-0.05, 0) is 36.8 Å². The SMILES string of the molecule is Cc1c(Cl)cccc1NC(=O)[C@@H]1CC(=O)N(c2ccccc2Cl)C1. The van der Waals surface area contributed by atoms with Crippen molar-refractivity contribution in [3.05, 3.63) is 58.1 Å². The van der Waals surface area contributed by atoms with E-state index < -0.39 is 5.92 Å². The van der Waals surface area contributed by atoms with Gasteiger partial charge in [0.25, 0.3) is 0 Å². The minimum atomic E-state index is -0.424. The molecule has 0 unspecified atom stereocenters. The molecule has 124 valence electrons. The summed E-state index contributed by atoms with van der Waals surface area (Å²) < 4.78 is 0. The third-order valence-corrected chi connectivity index (χ3v) is 4.89. The van der Waals surface area contributed by atoms with Gasteiger partial charge in [0.1, 0.15) is 0 Å². The Morgan fingerprint density at radius 2 is 1.83 bits per heavy atom. The quantitative estimate of drug-likeness (QED) is 0.884. The minimum Gasteiger partial charge on any atom is -0.325 e. The van der Waals surface area contributed by atoms with Crippen LogP contribution in [0.25, 0.3) is 0 Å². The van der Waals surface area contributed by atoms with Crippen molar-refractivity contribution in [3.63, 3.8) is 0 Å². The van der Waals surface area contributed by atoms with Crippen LogP contribution in [0.15, 0.2) is 42.5 Å². The Bertz CT molecular complexity index is 807. The monoisotopic (exact) mass is 362 g/mol. The van der Waals surface area contributed by atoms with Crippen molar-refractivity contribution in [2.24, 2.45) is 5.92 Å². The molecule has 0 saturated carbocycles. The number of hydrogen-bond acceptors (Lipinski definition) is 2. The van der Waals surface area contributed by atoms with E-state index in [2.05, 4.69) is 5.32 Å². The second kappa shape index (κ2) is 6.83. The number of hydrogen-bond donors (Lipinski definition) is 1. The molecular formula is C18H16Cl2N2O2. The van der Waals surface area contributed by atoms with E-state index in [1.54, 1.807) is 41.3 Å². The van der Waals surface area contributed by atoms with Crippen LogP contribution in [0.4, 0.5) is 11.4 Å². The second-order valence-corrected chi connectivity index (χ2v) is 6.57. The Hall–Kier alpha value is -2.04. The van der Waals surface area contributed by atoms with E-state index in [0.29, 0.717) is 28.0 Å². The Kier molecular flexibility index (Phi) is 4.78. The summed E-state index contributed by atoms with van der Waals surface area (Å²) >= 11 is 12.2. The van der Waals surface area contributed by atoms with Crippen LogP contribution in [0.5, 0.6) is 0 Å². The van der Waals surface area contributed by atoms with E-state index in [4.69, 9.17) is 23.2 Å². The summed E-state index contributed by atoms with van der Waals surface area (Å²) in [6.07, 6.45) is 0.163. The summed E-state index contributed by atoms with van der Waals surface area (Å²) in [7, 11) is 0. The number of carbonyl (C=O) groups is 2. The number of benzene rings is 2. The third-order valence-electron chi connectivity index (χ3n) is 4.16. The maximum atomic E-state index is 12.5. The van der Waals surface area contributed by atoms with Crippen molar-refractivity contribution in [3.8, 4) is 0 Å². The lowest BCUT2D eigenvalue weighted by Crippen LogP contribution is -2.28. The molecule has 2 aromatic carbocycles. The molecule has 6 heteroatoms. The van der Waals surface area contributed by atoms with Gasteiger partial charge in [0.2, 0.25) is 11.8 Å². The molecule has 1 heterocycles. The van der Waals surface area contributed by atoms with Crippen molar-refractivity contribution < 1.29 is 9.59 Å². The molecule has 0 bridgehead atoms. The molecule has 3 rings (SSSR count). The molecule has 2 aromatic rings. The first-order valence-electron chi connectivity index (χ1n) is 7.58. The molecule has 1 fully saturated rings. The lowest BCUT2D eigenvalue weighted by atomic mass is 10.1. The van der Waals surface area contributed by atoms with E-state index in [1.807, 2.05) is 13.0 Å². The number of rotatable bonds is 3. The molecular weight excluding hydrogens is 347 g/mol. The van der Waals surface area contributed by atoms with Crippen LogP contribution in [-0.4, -0.2) is 18.4 Å². The lowest BCUT2D eigenvalue weighted by Gasteiger charge is -2.18. The van der Waals surface area contributed by atoms with Gasteiger partial charge in [-0.2, -0.15) is 0 Å². The zero-order valence-corrected chi connectivity index (χ0v) is 14.6. The highest BCUT2D eigenvalue weighted by Gasteiger charge is 2.36. The molecule has 1 N–H and O–H groups in total. The molecule has 0 radical (unpaired) electrons. The Morgan fingerprint density at radius 1 is 1.12 bits per heavy atom. The molecule has 0 spiro atoms. The van der Waals surface area contributed by atoms with Gasteiger partial charge in [-0.3, -0.25) is 9.59 Å². The van der Waals surface area contributed by atoms with Gasteiger partial charge in [0.05, 0.1) is 16.6 Å². The number of para-hydroxylation sites is 1. The standard InChI is InChI=1S/C18H16Cl2N2O2/c1-11-13(19)6-4-7-15(11)21-18(24)12-9-17(23)22(10-12)16-8-3-2-5-14(16)20/h2-8,12H,9-10H2,1H3,(H,21,24)/t12-/m1/s1. The van der Waals surface area contributed by atoms with E-state index >= 15 is 0 Å². The number of anilines is 2. The fourth-order valence-corrected chi connectivity index (χ4v) is 3.18. The van der Waals surface area contributed by atoms with Crippen LogP contribution in [0.2, 0.25) is 10.0 Å². The number of amides is 2. The Balaban J connectivity index is 1.75. The molecule has 0 aromatic heterocycles. The second-order valence-electron chi connectivity index (χ2n) is 5.76. The summed E-state index contributed by atoms with van der Waals surface area (Å²) in [5.41, 5.74) is 2.11. The van der Waals surface area contributed by atoms with Crippen LogP contribution >= 0.6 is 23.2 Å². The third kappa shape index (κ3) is 3.25. The van der Waals surface area contributed by atoms with Gasteiger partial charge in [-0.1, -0.05) is 41.4 Å². The summed E-state index contributed by atoms with van der Waals surface area (Å²) in [5.74, 6) is -0.721. The number of nitrogens with one attached hydrogen (secondary N) is 1. The summed E-state index contributed by atoms with van der Waals surface area (Å²) in [6, 6.07) is 12.5. The summed E-state index contributed by atoms with van der Waals surface area (Å²) in [5, 5.41) is 3.95. The van der Waals surface area contributed by atoms with E-state index in [-0.39, 0.29) is 18.2 Å². The largest absolute Gasteiger partial charge is 0.325 e. The molecule has 4 nitrogen and oxygen atoms in total. The zero-order chi connectivity index (χ0) is 17.3. The van der Waals surface area contributed by atoms with Gasteiger partial charge in [0, 0.05) is 23.7 Å². The predicted octanol–water partition coefficient (Wildman–Crippen LogP) is 4.29. The van der Waals surface area contributed by atoms with Gasteiger partial charge < -0.3 is 10.2 Å². The Labute approximate surface area is 150 Å². The highest BCUT2D eigenvalue weighted by molar-refractivity contribution is 6.34. The summed E-state index contributed by atoms with van der Waals surface area (Å²) in [6.45, 7) is 2.15. The van der Waals surface area contributed by atoms with Gasteiger partial charge in [0.15, 0.2) is 0 Å². The molecule has 2 amide bonds. The molecule has 1 aliphatic heterocycles. The molecule has 0 aliphatic carbocycles. The highest BCUT2D eigenvalue weighted by atomic mass is 35.5. The number of carbonyl (C=O) groups excluding carboxylic acids is 2. The lowest BCUT2D eigenvalue weighted by molar-refractivity contribution is -0.122. The van der Waals surface area contributed by atoms with Crippen molar-refractivity contribution in [1.82, 2.24) is 0 Å². The predicted molar refractivity (Wildman–Crippen MR) is 96.7 cm³/mol. The highest BCUT2D eigenvalue weighted by Crippen LogP contribution is 2.32. The van der Waals surface area contributed by atoms with Gasteiger partial charge in [-0.15, -0.1) is 0 Å². The van der Waals surface area contributed by atoms with Crippen LogP contribution in [-0.2, 0) is 9.59 Å². The fourth-order valence-electron chi connectivity index (χ4n) is 2.76. The van der Waals surface area contributed by atoms with Crippen LogP contribution in [0.1, 0.15) is 12.0 Å². The molecule has 1 aliphatic rings. The van der Waals surface area contributed by atoms with Crippen molar-refractivity contribution in [2.75, 3.05) is 16.8 Å². The smallest absolute Gasteiger partial charge is 0.229 e. The van der Waals surface area contributed by atoms with Crippen molar-refractivity contribution in [1.29, 1.82) is 0 Å². The van der Waals surface area contributed by atoms with E-state index in [9.17, 15) is 9.59 Å². The van der Waals surface area contributed by atoms with Crippen LogP contribution in [0.3, 0.4) is 0 Å². The first-order valence-corrected chi connectivity index (χ1v) is 8.34. The minimum absolute atomic E-state index is 0.105. The van der Waals surface area contributed by atoms with Crippen molar-refractivity contribution >= 4 is 46.4 Å².